The van der Waals surface area contributed by atoms with Crippen molar-refractivity contribution in [1.82, 2.24) is 14.5 Å². The molecule has 0 radical (unpaired) electrons. The van der Waals surface area contributed by atoms with Gasteiger partial charge in [0.15, 0.2) is 0 Å². The zero-order valence-corrected chi connectivity index (χ0v) is 11.5. The maximum absolute atomic E-state index is 11.9. The first-order chi connectivity index (χ1) is 9.54. The van der Waals surface area contributed by atoms with E-state index in [0.717, 1.165) is 15.7 Å². The molecule has 0 aliphatic heterocycles. The maximum Gasteiger partial charge on any atom is 0.331 e. The number of pyridine rings is 1. The molecule has 0 spiro atoms. The Hall–Kier alpha value is -2.37. The normalized spacial score (nSPS) is 10.7. The van der Waals surface area contributed by atoms with Crippen molar-refractivity contribution in [3.8, 4) is 5.88 Å². The van der Waals surface area contributed by atoms with Crippen molar-refractivity contribution >= 4 is 0 Å². The van der Waals surface area contributed by atoms with Gasteiger partial charge in [-0.05, 0) is 30.5 Å². The van der Waals surface area contributed by atoms with Crippen LogP contribution < -0.4 is 11.2 Å². The molecular formula is C14H17N3O3. The Balaban J connectivity index is 2.52. The Morgan fingerprint density at radius 1 is 1.40 bits per heavy atom. The van der Waals surface area contributed by atoms with Gasteiger partial charge in [-0.15, -0.1) is 0 Å². The summed E-state index contributed by atoms with van der Waals surface area (Å²) in [7, 11) is 0. The lowest BCUT2D eigenvalue weighted by atomic mass is 10.1. The third-order valence-electron chi connectivity index (χ3n) is 3.24. The summed E-state index contributed by atoms with van der Waals surface area (Å²) in [5, 5.41) is 10.2. The van der Waals surface area contributed by atoms with Crippen molar-refractivity contribution in [3.05, 3.63) is 56.0 Å². The molecule has 0 amide bonds. The number of H-pyrrole nitrogens is 1. The summed E-state index contributed by atoms with van der Waals surface area (Å²) in [5.41, 5.74) is 0.895. The fraction of sp³-hybridized carbons (Fsp3) is 0.357. The fourth-order valence-corrected chi connectivity index (χ4v) is 2.06. The van der Waals surface area contributed by atoms with E-state index in [0.29, 0.717) is 12.8 Å². The van der Waals surface area contributed by atoms with Crippen LogP contribution >= 0.6 is 0 Å². The number of hydrogen-bond donors (Lipinski definition) is 2. The van der Waals surface area contributed by atoms with Gasteiger partial charge in [-0.25, -0.2) is 4.79 Å². The first-order valence-electron chi connectivity index (χ1n) is 6.49. The molecular weight excluding hydrogens is 258 g/mol. The van der Waals surface area contributed by atoms with Gasteiger partial charge in [-0.3, -0.25) is 19.3 Å². The number of nitrogens with zero attached hydrogens (tertiary/aromatic N) is 2. The van der Waals surface area contributed by atoms with Gasteiger partial charge in [0.05, 0.1) is 12.1 Å². The number of rotatable bonds is 4. The van der Waals surface area contributed by atoms with E-state index < -0.39 is 11.2 Å². The Morgan fingerprint density at radius 2 is 2.15 bits per heavy atom. The molecule has 2 aromatic heterocycles. The standard InChI is InChI=1S/C14H17N3O3/c1-3-4-11-12(18)16-14(20)17(13(11)19)8-10-7-15-6-5-9(10)2/h5-7,19H,3-4,8H2,1-2H3,(H,16,18,20). The van der Waals surface area contributed by atoms with E-state index in [-0.39, 0.29) is 18.0 Å². The molecule has 2 aromatic rings. The zero-order chi connectivity index (χ0) is 14.7. The van der Waals surface area contributed by atoms with Gasteiger partial charge < -0.3 is 5.11 Å². The molecule has 0 fully saturated rings. The average Bonchev–Trinajstić information content (AvgIpc) is 2.41. The molecule has 0 aromatic carbocycles. The highest BCUT2D eigenvalue weighted by Crippen LogP contribution is 2.15. The molecule has 6 nitrogen and oxygen atoms in total. The molecule has 2 heterocycles. The van der Waals surface area contributed by atoms with Crippen LogP contribution in [-0.2, 0) is 13.0 Å². The van der Waals surface area contributed by atoms with Crippen LogP contribution in [-0.4, -0.2) is 19.6 Å². The Bertz CT molecular complexity index is 731. The molecule has 106 valence electrons. The monoisotopic (exact) mass is 275 g/mol. The van der Waals surface area contributed by atoms with Crippen LogP contribution in [0.3, 0.4) is 0 Å². The number of hydrogen-bond acceptors (Lipinski definition) is 4. The van der Waals surface area contributed by atoms with E-state index in [1.54, 1.807) is 12.4 Å². The summed E-state index contributed by atoms with van der Waals surface area (Å²) in [6, 6.07) is 1.83. The second-order valence-electron chi connectivity index (χ2n) is 4.70. The summed E-state index contributed by atoms with van der Waals surface area (Å²) in [6.07, 6.45) is 4.44. The van der Waals surface area contributed by atoms with Gasteiger partial charge in [-0.2, -0.15) is 0 Å². The number of nitrogens with one attached hydrogen (secondary N) is 1. The smallest absolute Gasteiger partial charge is 0.331 e. The van der Waals surface area contributed by atoms with Crippen LogP contribution in [0.4, 0.5) is 0 Å². The molecule has 0 saturated heterocycles. The van der Waals surface area contributed by atoms with Crippen LogP contribution in [0.5, 0.6) is 5.88 Å². The fourth-order valence-electron chi connectivity index (χ4n) is 2.06. The van der Waals surface area contributed by atoms with Crippen LogP contribution in [0.15, 0.2) is 28.0 Å². The maximum atomic E-state index is 11.9. The summed E-state index contributed by atoms with van der Waals surface area (Å²) in [4.78, 5) is 29.8. The molecule has 2 N–H and O–H groups in total. The van der Waals surface area contributed by atoms with Gasteiger partial charge >= 0.3 is 5.69 Å². The minimum Gasteiger partial charge on any atom is -0.494 e. The van der Waals surface area contributed by atoms with Gasteiger partial charge in [0.25, 0.3) is 5.56 Å². The van der Waals surface area contributed by atoms with E-state index in [2.05, 4.69) is 9.97 Å². The SMILES string of the molecule is CCCc1c(O)n(Cc2cnccc2C)c(=O)[nH]c1=O. The Labute approximate surface area is 115 Å². The van der Waals surface area contributed by atoms with Crippen molar-refractivity contribution in [2.75, 3.05) is 0 Å². The molecule has 0 saturated carbocycles. The van der Waals surface area contributed by atoms with Crippen LogP contribution in [0, 0.1) is 6.92 Å². The highest BCUT2D eigenvalue weighted by Gasteiger charge is 2.14. The summed E-state index contributed by atoms with van der Waals surface area (Å²) in [6.45, 7) is 3.98. The molecule has 0 bridgehead atoms. The lowest BCUT2D eigenvalue weighted by Crippen LogP contribution is -2.32. The van der Waals surface area contributed by atoms with Crippen molar-refractivity contribution in [2.24, 2.45) is 0 Å². The second-order valence-corrected chi connectivity index (χ2v) is 4.70. The molecule has 20 heavy (non-hydrogen) atoms. The topological polar surface area (TPSA) is 88.0 Å². The van der Waals surface area contributed by atoms with E-state index >= 15 is 0 Å². The molecule has 0 aliphatic carbocycles. The molecule has 0 aliphatic rings. The number of aromatic amines is 1. The quantitative estimate of drug-likeness (QED) is 0.869. The van der Waals surface area contributed by atoms with Gasteiger partial charge in [0, 0.05) is 12.4 Å². The molecule has 2 rings (SSSR count). The van der Waals surface area contributed by atoms with Gasteiger partial charge in [-0.1, -0.05) is 13.3 Å². The van der Waals surface area contributed by atoms with Crippen LogP contribution in [0.2, 0.25) is 0 Å². The number of aromatic hydroxyl groups is 1. The minimum absolute atomic E-state index is 0.178. The predicted octanol–water partition coefficient (Wildman–Crippen LogP) is 0.946. The third-order valence-corrected chi connectivity index (χ3v) is 3.24. The lowest BCUT2D eigenvalue weighted by molar-refractivity contribution is 0.400. The van der Waals surface area contributed by atoms with Crippen molar-refractivity contribution < 1.29 is 5.11 Å². The van der Waals surface area contributed by atoms with Crippen LogP contribution in [0.25, 0.3) is 0 Å². The third kappa shape index (κ3) is 2.64. The van der Waals surface area contributed by atoms with Gasteiger partial charge in [0.2, 0.25) is 5.88 Å². The van der Waals surface area contributed by atoms with Crippen molar-refractivity contribution in [2.45, 2.75) is 33.2 Å². The zero-order valence-electron chi connectivity index (χ0n) is 11.5. The summed E-state index contributed by atoms with van der Waals surface area (Å²) >= 11 is 0. The summed E-state index contributed by atoms with van der Waals surface area (Å²) < 4.78 is 1.16. The number of aromatic nitrogens is 3. The highest BCUT2D eigenvalue weighted by molar-refractivity contribution is 5.26. The van der Waals surface area contributed by atoms with Crippen molar-refractivity contribution in [1.29, 1.82) is 0 Å². The number of aryl methyl sites for hydroxylation is 1. The first kappa shape index (κ1) is 14.0. The second kappa shape index (κ2) is 5.73. The van der Waals surface area contributed by atoms with Crippen LogP contribution in [0.1, 0.15) is 30.0 Å². The largest absolute Gasteiger partial charge is 0.494 e. The summed E-state index contributed by atoms with van der Waals surface area (Å²) in [5.74, 6) is -0.260. The van der Waals surface area contributed by atoms with E-state index in [4.69, 9.17) is 0 Å². The molecule has 6 heteroatoms. The minimum atomic E-state index is -0.615. The van der Waals surface area contributed by atoms with E-state index in [1.165, 1.54) is 0 Å². The average molecular weight is 275 g/mol. The Kier molecular flexibility index (Phi) is 4.02. The highest BCUT2D eigenvalue weighted by atomic mass is 16.3. The van der Waals surface area contributed by atoms with E-state index in [1.807, 2.05) is 19.9 Å². The predicted molar refractivity (Wildman–Crippen MR) is 75.1 cm³/mol. The van der Waals surface area contributed by atoms with Crippen molar-refractivity contribution in [3.63, 3.8) is 0 Å². The molecule has 0 unspecified atom stereocenters. The lowest BCUT2D eigenvalue weighted by Gasteiger charge is -2.12. The van der Waals surface area contributed by atoms with E-state index in [9.17, 15) is 14.7 Å². The first-order valence-corrected chi connectivity index (χ1v) is 6.49. The molecule has 0 atom stereocenters. The Morgan fingerprint density at radius 3 is 2.80 bits per heavy atom. The van der Waals surface area contributed by atoms with Gasteiger partial charge in [0.1, 0.15) is 0 Å².